The third-order valence-electron chi connectivity index (χ3n) is 5.91. The van der Waals surface area contributed by atoms with Crippen LogP contribution >= 0.6 is 0 Å². The number of aromatic amines is 2. The average Bonchev–Trinajstić information content (AvgIpc) is 3.42. The predicted molar refractivity (Wildman–Crippen MR) is 129 cm³/mol. The number of carboxylic acid groups (broad SMARTS) is 1. The molecule has 0 spiro atoms. The molecule has 2 aromatic carbocycles. The lowest BCUT2D eigenvalue weighted by Crippen LogP contribution is -2.55. The average molecular weight is 462 g/mol. The smallest absolute Gasteiger partial charge is 0.325 e. The van der Waals surface area contributed by atoms with Crippen molar-refractivity contribution >= 4 is 39.6 Å². The highest BCUT2D eigenvalue weighted by molar-refractivity contribution is 5.93. The van der Waals surface area contributed by atoms with Crippen LogP contribution in [0, 0.1) is 0 Å². The fraction of sp³-hybridized carbons (Fsp3) is 0.240. The zero-order chi connectivity index (χ0) is 24.2. The number of fused-ring (bicyclic) bond motifs is 2. The number of aromatic nitrogens is 2. The Balaban J connectivity index is 1.52. The van der Waals surface area contributed by atoms with Gasteiger partial charge in [0.1, 0.15) is 12.1 Å². The molecule has 3 unspecified atom stereocenters. The van der Waals surface area contributed by atoms with Gasteiger partial charge in [-0.05, 0) is 36.6 Å². The van der Waals surface area contributed by atoms with Crippen molar-refractivity contribution in [3.05, 3.63) is 72.1 Å². The highest BCUT2D eigenvalue weighted by Crippen LogP contribution is 2.20. The summed E-state index contributed by atoms with van der Waals surface area (Å²) >= 11 is 0. The number of carbonyl (C=O) groups excluding carboxylic acids is 2. The number of para-hydroxylation sites is 2. The van der Waals surface area contributed by atoms with Crippen LogP contribution in [0.3, 0.4) is 0 Å². The van der Waals surface area contributed by atoms with E-state index in [1.165, 1.54) is 6.92 Å². The molecular weight excluding hydrogens is 434 g/mol. The fourth-order valence-electron chi connectivity index (χ4n) is 4.01. The molecule has 9 heteroatoms. The van der Waals surface area contributed by atoms with Gasteiger partial charge in [0, 0.05) is 40.6 Å². The van der Waals surface area contributed by atoms with E-state index < -0.39 is 35.9 Å². The Bertz CT molecular complexity index is 1340. The highest BCUT2D eigenvalue weighted by Gasteiger charge is 2.27. The summed E-state index contributed by atoms with van der Waals surface area (Å²) < 4.78 is 0. The molecule has 0 saturated heterocycles. The molecule has 2 heterocycles. The van der Waals surface area contributed by atoms with Gasteiger partial charge in [-0.25, -0.2) is 0 Å². The first-order valence-electron chi connectivity index (χ1n) is 11.0. The van der Waals surface area contributed by atoms with Crippen LogP contribution in [-0.2, 0) is 27.2 Å². The van der Waals surface area contributed by atoms with Gasteiger partial charge in [-0.3, -0.25) is 14.4 Å². The summed E-state index contributed by atoms with van der Waals surface area (Å²) in [5.41, 5.74) is 9.77. The van der Waals surface area contributed by atoms with Gasteiger partial charge in [0.05, 0.1) is 6.04 Å². The Kier molecular flexibility index (Phi) is 6.65. The quantitative estimate of drug-likeness (QED) is 0.225. The number of H-pyrrole nitrogens is 2. The molecule has 0 fully saturated rings. The summed E-state index contributed by atoms with van der Waals surface area (Å²) in [6.07, 6.45) is 4.06. The summed E-state index contributed by atoms with van der Waals surface area (Å²) in [4.78, 5) is 43.4. The van der Waals surface area contributed by atoms with Crippen molar-refractivity contribution in [2.75, 3.05) is 0 Å². The molecule has 0 bridgehead atoms. The van der Waals surface area contributed by atoms with Crippen molar-refractivity contribution < 1.29 is 19.5 Å². The number of rotatable bonds is 9. The lowest BCUT2D eigenvalue weighted by Gasteiger charge is -2.22. The van der Waals surface area contributed by atoms with E-state index in [0.717, 1.165) is 32.9 Å². The Morgan fingerprint density at radius 1 is 0.853 bits per heavy atom. The maximum Gasteiger partial charge on any atom is 0.325 e. The zero-order valence-corrected chi connectivity index (χ0v) is 18.7. The number of carbonyl (C=O) groups is 3. The molecule has 2 amide bonds. The first-order valence-corrected chi connectivity index (χ1v) is 11.0. The van der Waals surface area contributed by atoms with Gasteiger partial charge in [0.25, 0.3) is 0 Å². The van der Waals surface area contributed by atoms with E-state index in [0.29, 0.717) is 0 Å². The van der Waals surface area contributed by atoms with E-state index in [-0.39, 0.29) is 12.8 Å². The van der Waals surface area contributed by atoms with Crippen molar-refractivity contribution in [3.63, 3.8) is 0 Å². The van der Waals surface area contributed by atoms with Gasteiger partial charge in [-0.15, -0.1) is 0 Å². The van der Waals surface area contributed by atoms with Gasteiger partial charge < -0.3 is 31.4 Å². The number of carboxylic acids is 1. The Hall–Kier alpha value is -4.11. The second-order valence-electron chi connectivity index (χ2n) is 8.36. The molecule has 0 aliphatic rings. The standard InChI is InChI=1S/C25H27N5O4/c1-14(25(33)34)29-24(32)22(11-16-13-28-21-9-5-3-7-18(16)21)30-23(31)19(26)10-15-12-27-20-8-4-2-6-17(15)20/h2-9,12-14,19,22,27-28H,10-11,26H2,1H3,(H,29,32)(H,30,31)(H,33,34). The second-order valence-corrected chi connectivity index (χ2v) is 8.36. The van der Waals surface area contributed by atoms with Crippen LogP contribution in [0.5, 0.6) is 0 Å². The molecule has 176 valence electrons. The van der Waals surface area contributed by atoms with Crippen LogP contribution in [0.15, 0.2) is 60.9 Å². The fourth-order valence-corrected chi connectivity index (χ4v) is 4.01. The molecule has 9 nitrogen and oxygen atoms in total. The first-order chi connectivity index (χ1) is 16.3. The number of aliphatic carboxylic acids is 1. The van der Waals surface area contributed by atoms with E-state index in [2.05, 4.69) is 20.6 Å². The lowest BCUT2D eigenvalue weighted by molar-refractivity contribution is -0.141. The molecular formula is C25H27N5O4. The number of benzene rings is 2. The van der Waals surface area contributed by atoms with Crippen molar-refractivity contribution in [3.8, 4) is 0 Å². The largest absolute Gasteiger partial charge is 0.480 e. The molecule has 3 atom stereocenters. The SMILES string of the molecule is CC(NC(=O)C(Cc1c[nH]c2ccccc12)NC(=O)C(N)Cc1c[nH]c2ccccc12)C(=O)O. The topological polar surface area (TPSA) is 153 Å². The lowest BCUT2D eigenvalue weighted by atomic mass is 10.0. The Labute approximate surface area is 195 Å². The molecule has 2 aromatic heterocycles. The van der Waals surface area contributed by atoms with Crippen molar-refractivity contribution in [2.24, 2.45) is 5.73 Å². The van der Waals surface area contributed by atoms with Crippen LogP contribution in [-0.4, -0.2) is 51.0 Å². The summed E-state index contributed by atoms with van der Waals surface area (Å²) in [5, 5.41) is 16.3. The molecule has 4 rings (SSSR count). The monoisotopic (exact) mass is 461 g/mol. The maximum absolute atomic E-state index is 13.0. The Morgan fingerprint density at radius 3 is 1.94 bits per heavy atom. The van der Waals surface area contributed by atoms with E-state index in [1.807, 2.05) is 54.7 Å². The van der Waals surface area contributed by atoms with Gasteiger partial charge >= 0.3 is 5.97 Å². The van der Waals surface area contributed by atoms with Gasteiger partial charge in [0.2, 0.25) is 11.8 Å². The molecule has 0 aliphatic carbocycles. The van der Waals surface area contributed by atoms with E-state index in [4.69, 9.17) is 5.73 Å². The molecule has 34 heavy (non-hydrogen) atoms. The number of nitrogens with one attached hydrogen (secondary N) is 4. The minimum Gasteiger partial charge on any atom is -0.480 e. The summed E-state index contributed by atoms with van der Waals surface area (Å²) in [6, 6.07) is 12.3. The number of amides is 2. The first kappa shape index (κ1) is 23.1. The van der Waals surface area contributed by atoms with Gasteiger partial charge in [0.15, 0.2) is 0 Å². The molecule has 0 saturated carbocycles. The van der Waals surface area contributed by atoms with E-state index in [1.54, 1.807) is 6.20 Å². The van der Waals surface area contributed by atoms with Crippen LogP contribution in [0.4, 0.5) is 0 Å². The molecule has 7 N–H and O–H groups in total. The highest BCUT2D eigenvalue weighted by atomic mass is 16.4. The normalized spacial score (nSPS) is 13.9. The van der Waals surface area contributed by atoms with Crippen LogP contribution < -0.4 is 16.4 Å². The maximum atomic E-state index is 13.0. The van der Waals surface area contributed by atoms with Crippen molar-refractivity contribution in [2.45, 2.75) is 37.9 Å². The predicted octanol–water partition coefficient (Wildman–Crippen LogP) is 1.84. The van der Waals surface area contributed by atoms with E-state index in [9.17, 15) is 19.5 Å². The van der Waals surface area contributed by atoms with Crippen molar-refractivity contribution in [1.29, 1.82) is 0 Å². The summed E-state index contributed by atoms with van der Waals surface area (Å²) in [6.45, 7) is 1.37. The number of nitrogens with two attached hydrogens (primary N) is 1. The zero-order valence-electron chi connectivity index (χ0n) is 18.7. The second kappa shape index (κ2) is 9.80. The molecule has 0 aliphatic heterocycles. The minimum absolute atomic E-state index is 0.174. The Morgan fingerprint density at radius 2 is 1.38 bits per heavy atom. The summed E-state index contributed by atoms with van der Waals surface area (Å²) in [7, 11) is 0. The third-order valence-corrected chi connectivity index (χ3v) is 5.91. The number of hydrogen-bond acceptors (Lipinski definition) is 4. The summed E-state index contributed by atoms with van der Waals surface area (Å²) in [5.74, 6) is -2.25. The van der Waals surface area contributed by atoms with Gasteiger partial charge in [-0.2, -0.15) is 0 Å². The van der Waals surface area contributed by atoms with Crippen molar-refractivity contribution in [1.82, 2.24) is 20.6 Å². The van der Waals surface area contributed by atoms with E-state index >= 15 is 0 Å². The molecule has 4 aromatic rings. The van der Waals surface area contributed by atoms with Crippen LogP contribution in [0.2, 0.25) is 0 Å². The molecule has 0 radical (unpaired) electrons. The van der Waals surface area contributed by atoms with Crippen LogP contribution in [0.1, 0.15) is 18.1 Å². The number of hydrogen-bond donors (Lipinski definition) is 6. The van der Waals surface area contributed by atoms with Crippen LogP contribution in [0.25, 0.3) is 21.8 Å². The third kappa shape index (κ3) is 4.94. The van der Waals surface area contributed by atoms with Gasteiger partial charge in [-0.1, -0.05) is 36.4 Å². The minimum atomic E-state index is -1.17.